The highest BCUT2D eigenvalue weighted by Gasteiger charge is 2.12. The molecular weight excluding hydrogens is 452 g/mol. The third-order valence-electron chi connectivity index (χ3n) is 3.91. The van der Waals surface area contributed by atoms with Crippen molar-refractivity contribution in [1.82, 2.24) is 4.90 Å². The van der Waals surface area contributed by atoms with Crippen LogP contribution in [-0.4, -0.2) is 35.4 Å². The van der Waals surface area contributed by atoms with Gasteiger partial charge < -0.3 is 5.32 Å². The van der Waals surface area contributed by atoms with E-state index in [1.807, 2.05) is 54.2 Å². The lowest BCUT2D eigenvalue weighted by molar-refractivity contribution is 0.102. The standard InChI is InChI=1S/C18H18Br2N2OS/c19-15-5-6-17(16(20)11-15)21-18(23)14-3-1-13(2-4-14)12-22-7-9-24-10-8-22/h1-6,11H,7-10,12H2,(H,21,23). The van der Waals surface area contributed by atoms with Crippen LogP contribution in [0.3, 0.4) is 0 Å². The normalized spacial score (nSPS) is 15.2. The Hall–Kier alpha value is -0.820. The molecule has 0 atom stereocenters. The van der Waals surface area contributed by atoms with Crippen molar-refractivity contribution in [3.05, 3.63) is 62.5 Å². The number of nitrogens with one attached hydrogen (secondary N) is 1. The Morgan fingerprint density at radius 3 is 2.46 bits per heavy atom. The van der Waals surface area contributed by atoms with Crippen LogP contribution in [0, 0.1) is 0 Å². The molecule has 1 N–H and O–H groups in total. The summed E-state index contributed by atoms with van der Waals surface area (Å²) in [7, 11) is 0. The highest BCUT2D eigenvalue weighted by atomic mass is 79.9. The average molecular weight is 470 g/mol. The van der Waals surface area contributed by atoms with E-state index in [1.165, 1.54) is 17.1 Å². The largest absolute Gasteiger partial charge is 0.321 e. The Morgan fingerprint density at radius 2 is 1.79 bits per heavy atom. The number of halogens is 2. The summed E-state index contributed by atoms with van der Waals surface area (Å²) in [6.07, 6.45) is 0. The van der Waals surface area contributed by atoms with Gasteiger partial charge in [-0.05, 0) is 51.8 Å². The molecule has 1 heterocycles. The van der Waals surface area contributed by atoms with Crippen LogP contribution >= 0.6 is 43.6 Å². The molecule has 6 heteroatoms. The summed E-state index contributed by atoms with van der Waals surface area (Å²) >= 11 is 8.89. The highest BCUT2D eigenvalue weighted by molar-refractivity contribution is 9.11. The molecule has 1 amide bonds. The van der Waals surface area contributed by atoms with Crippen molar-refractivity contribution < 1.29 is 4.79 Å². The number of carbonyl (C=O) groups excluding carboxylic acids is 1. The number of hydrogen-bond donors (Lipinski definition) is 1. The molecule has 2 aromatic carbocycles. The van der Waals surface area contributed by atoms with Crippen LogP contribution in [0.4, 0.5) is 5.69 Å². The lowest BCUT2D eigenvalue weighted by atomic mass is 10.1. The van der Waals surface area contributed by atoms with Crippen molar-refractivity contribution in [1.29, 1.82) is 0 Å². The molecular formula is C18H18Br2N2OS. The van der Waals surface area contributed by atoms with Crippen molar-refractivity contribution >= 4 is 55.2 Å². The van der Waals surface area contributed by atoms with E-state index in [-0.39, 0.29) is 5.91 Å². The molecule has 1 saturated heterocycles. The van der Waals surface area contributed by atoms with Gasteiger partial charge in [-0.2, -0.15) is 11.8 Å². The fourth-order valence-corrected chi connectivity index (χ4v) is 4.69. The van der Waals surface area contributed by atoms with Crippen LogP contribution in [0.1, 0.15) is 15.9 Å². The van der Waals surface area contributed by atoms with Crippen molar-refractivity contribution in [3.63, 3.8) is 0 Å². The topological polar surface area (TPSA) is 32.3 Å². The number of rotatable bonds is 4. The number of nitrogens with zero attached hydrogens (tertiary/aromatic N) is 1. The minimum atomic E-state index is -0.0982. The van der Waals surface area contributed by atoms with Gasteiger partial charge in [-0.15, -0.1) is 0 Å². The maximum Gasteiger partial charge on any atom is 0.255 e. The Balaban J connectivity index is 1.62. The first kappa shape index (κ1) is 18.0. The van der Waals surface area contributed by atoms with Crippen LogP contribution in [0.25, 0.3) is 0 Å². The van der Waals surface area contributed by atoms with E-state index < -0.39 is 0 Å². The Morgan fingerprint density at radius 1 is 1.08 bits per heavy atom. The number of benzene rings is 2. The van der Waals surface area contributed by atoms with E-state index in [2.05, 4.69) is 42.1 Å². The van der Waals surface area contributed by atoms with Crippen LogP contribution < -0.4 is 5.32 Å². The lowest BCUT2D eigenvalue weighted by Crippen LogP contribution is -2.31. The maximum atomic E-state index is 12.4. The zero-order chi connectivity index (χ0) is 16.9. The first-order chi connectivity index (χ1) is 11.6. The zero-order valence-corrected chi connectivity index (χ0v) is 17.1. The van der Waals surface area contributed by atoms with Gasteiger partial charge in [0.1, 0.15) is 0 Å². The van der Waals surface area contributed by atoms with E-state index in [1.54, 1.807) is 0 Å². The molecule has 0 bridgehead atoms. The van der Waals surface area contributed by atoms with Crippen LogP contribution in [0.2, 0.25) is 0 Å². The summed E-state index contributed by atoms with van der Waals surface area (Å²) in [6.45, 7) is 3.25. The predicted molar refractivity (Wildman–Crippen MR) is 109 cm³/mol. The molecule has 24 heavy (non-hydrogen) atoms. The monoisotopic (exact) mass is 468 g/mol. The molecule has 0 spiro atoms. The SMILES string of the molecule is O=C(Nc1ccc(Br)cc1Br)c1ccc(CN2CCSCC2)cc1. The fraction of sp³-hybridized carbons (Fsp3) is 0.278. The predicted octanol–water partition coefficient (Wildman–Crippen LogP) is 5.01. The van der Waals surface area contributed by atoms with Gasteiger partial charge in [-0.3, -0.25) is 9.69 Å². The number of anilines is 1. The van der Waals surface area contributed by atoms with Gasteiger partial charge in [0.25, 0.3) is 5.91 Å². The molecule has 1 fully saturated rings. The Labute approximate surface area is 163 Å². The van der Waals surface area contributed by atoms with Gasteiger partial charge in [0, 0.05) is 45.6 Å². The molecule has 0 aliphatic carbocycles. The second kappa shape index (κ2) is 8.52. The number of amides is 1. The van der Waals surface area contributed by atoms with E-state index in [0.717, 1.165) is 34.3 Å². The first-order valence-corrected chi connectivity index (χ1v) is 10.5. The van der Waals surface area contributed by atoms with E-state index >= 15 is 0 Å². The van der Waals surface area contributed by atoms with Crippen molar-refractivity contribution in [2.45, 2.75) is 6.54 Å². The Bertz CT molecular complexity index is 715. The first-order valence-electron chi connectivity index (χ1n) is 7.77. The molecule has 1 aliphatic heterocycles. The lowest BCUT2D eigenvalue weighted by Gasteiger charge is -2.26. The third-order valence-corrected chi connectivity index (χ3v) is 6.00. The molecule has 3 rings (SSSR count). The summed E-state index contributed by atoms with van der Waals surface area (Å²) in [4.78, 5) is 14.9. The van der Waals surface area contributed by atoms with Gasteiger partial charge in [0.15, 0.2) is 0 Å². The van der Waals surface area contributed by atoms with E-state index in [9.17, 15) is 4.79 Å². The van der Waals surface area contributed by atoms with Crippen molar-refractivity contribution in [2.24, 2.45) is 0 Å². The molecule has 126 valence electrons. The molecule has 1 aliphatic rings. The van der Waals surface area contributed by atoms with Crippen molar-refractivity contribution in [3.8, 4) is 0 Å². The van der Waals surface area contributed by atoms with Gasteiger partial charge in [0.2, 0.25) is 0 Å². The van der Waals surface area contributed by atoms with Gasteiger partial charge in [-0.1, -0.05) is 28.1 Å². The van der Waals surface area contributed by atoms with Crippen LogP contribution in [-0.2, 0) is 6.54 Å². The van der Waals surface area contributed by atoms with Gasteiger partial charge >= 0.3 is 0 Å². The zero-order valence-electron chi connectivity index (χ0n) is 13.1. The Kier molecular flexibility index (Phi) is 6.38. The van der Waals surface area contributed by atoms with Crippen LogP contribution in [0.5, 0.6) is 0 Å². The molecule has 0 radical (unpaired) electrons. The molecule has 3 nitrogen and oxygen atoms in total. The highest BCUT2D eigenvalue weighted by Crippen LogP contribution is 2.26. The van der Waals surface area contributed by atoms with E-state index in [4.69, 9.17) is 0 Å². The summed E-state index contributed by atoms with van der Waals surface area (Å²) in [5.41, 5.74) is 2.68. The molecule has 2 aromatic rings. The summed E-state index contributed by atoms with van der Waals surface area (Å²) in [5.74, 6) is 2.32. The third kappa shape index (κ3) is 4.85. The maximum absolute atomic E-state index is 12.4. The molecule has 0 aromatic heterocycles. The smallest absolute Gasteiger partial charge is 0.255 e. The summed E-state index contributed by atoms with van der Waals surface area (Å²) in [6, 6.07) is 13.6. The average Bonchev–Trinajstić information content (AvgIpc) is 2.59. The van der Waals surface area contributed by atoms with E-state index in [0.29, 0.717) is 5.56 Å². The minimum absolute atomic E-state index is 0.0982. The summed E-state index contributed by atoms with van der Waals surface area (Å²) < 4.78 is 1.82. The van der Waals surface area contributed by atoms with Crippen LogP contribution in [0.15, 0.2) is 51.4 Å². The fourth-order valence-electron chi connectivity index (χ4n) is 2.56. The molecule has 0 saturated carbocycles. The minimum Gasteiger partial charge on any atom is -0.321 e. The van der Waals surface area contributed by atoms with Gasteiger partial charge in [0.05, 0.1) is 5.69 Å². The van der Waals surface area contributed by atoms with Crippen molar-refractivity contribution in [2.75, 3.05) is 29.9 Å². The quantitative estimate of drug-likeness (QED) is 0.682. The summed E-state index contributed by atoms with van der Waals surface area (Å²) in [5, 5.41) is 2.93. The second-order valence-corrected chi connectivity index (χ2v) is 8.66. The van der Waals surface area contributed by atoms with Gasteiger partial charge in [-0.25, -0.2) is 0 Å². The second-order valence-electron chi connectivity index (χ2n) is 5.66. The number of hydrogen-bond acceptors (Lipinski definition) is 3. The molecule has 0 unspecified atom stereocenters. The number of carbonyl (C=O) groups is 1. The number of thioether (sulfide) groups is 1.